The van der Waals surface area contributed by atoms with Crippen LogP contribution >= 0.6 is 11.8 Å². The predicted octanol–water partition coefficient (Wildman–Crippen LogP) is 3.00. The van der Waals surface area contributed by atoms with Crippen molar-refractivity contribution in [1.82, 2.24) is 9.13 Å². The van der Waals surface area contributed by atoms with Gasteiger partial charge >= 0.3 is 5.69 Å². The summed E-state index contributed by atoms with van der Waals surface area (Å²) in [6, 6.07) is 15.3. The SMILES string of the molecule is C[C@@H](Sc1ccccc1)C(=O)Nc1ccc2c(c1)n(C)c(=O)n2C. The lowest BCUT2D eigenvalue weighted by Crippen LogP contribution is -2.22. The molecule has 1 amide bonds. The van der Waals surface area contributed by atoms with Crippen molar-refractivity contribution >= 4 is 34.4 Å². The van der Waals surface area contributed by atoms with Gasteiger partial charge in [0, 0.05) is 24.7 Å². The fourth-order valence-electron chi connectivity index (χ4n) is 2.59. The largest absolute Gasteiger partial charge is 0.328 e. The topological polar surface area (TPSA) is 56.0 Å². The molecule has 0 aliphatic rings. The molecule has 1 atom stereocenters. The van der Waals surface area contributed by atoms with E-state index in [-0.39, 0.29) is 16.8 Å². The van der Waals surface area contributed by atoms with Gasteiger partial charge in [-0.2, -0.15) is 0 Å². The monoisotopic (exact) mass is 341 g/mol. The van der Waals surface area contributed by atoms with E-state index in [0.717, 1.165) is 15.9 Å². The summed E-state index contributed by atoms with van der Waals surface area (Å²) in [6.45, 7) is 1.88. The molecule has 1 aromatic heterocycles. The zero-order chi connectivity index (χ0) is 17.3. The molecule has 0 fully saturated rings. The van der Waals surface area contributed by atoms with Crippen molar-refractivity contribution in [2.24, 2.45) is 14.1 Å². The van der Waals surface area contributed by atoms with Crippen LogP contribution in [-0.2, 0) is 18.9 Å². The first-order valence-corrected chi connectivity index (χ1v) is 8.53. The first-order chi connectivity index (χ1) is 11.5. The van der Waals surface area contributed by atoms with E-state index < -0.39 is 0 Å². The Morgan fingerprint density at radius 2 is 1.71 bits per heavy atom. The summed E-state index contributed by atoms with van der Waals surface area (Å²) in [6.07, 6.45) is 0. The lowest BCUT2D eigenvalue weighted by Gasteiger charge is -2.12. The summed E-state index contributed by atoms with van der Waals surface area (Å²) in [7, 11) is 3.46. The third-order valence-corrected chi connectivity index (χ3v) is 5.08. The summed E-state index contributed by atoms with van der Waals surface area (Å²) in [5, 5.41) is 2.71. The Morgan fingerprint density at radius 1 is 1.04 bits per heavy atom. The van der Waals surface area contributed by atoms with Crippen molar-refractivity contribution in [3.63, 3.8) is 0 Å². The van der Waals surface area contributed by atoms with Gasteiger partial charge in [-0.05, 0) is 37.3 Å². The van der Waals surface area contributed by atoms with E-state index in [0.29, 0.717) is 5.69 Å². The Labute approximate surface area is 144 Å². The number of nitrogens with one attached hydrogen (secondary N) is 1. The second-order valence-corrected chi connectivity index (χ2v) is 7.08. The Balaban J connectivity index is 1.78. The highest BCUT2D eigenvalue weighted by Crippen LogP contribution is 2.24. The summed E-state index contributed by atoms with van der Waals surface area (Å²) in [5.41, 5.74) is 2.24. The number of amides is 1. The average molecular weight is 341 g/mol. The van der Waals surface area contributed by atoms with Gasteiger partial charge in [-0.1, -0.05) is 18.2 Å². The first-order valence-electron chi connectivity index (χ1n) is 7.65. The Bertz CT molecular complexity index is 944. The van der Waals surface area contributed by atoms with Gasteiger partial charge in [0.2, 0.25) is 5.91 Å². The number of aromatic nitrogens is 2. The fourth-order valence-corrected chi connectivity index (χ4v) is 3.47. The molecular formula is C18H19N3O2S. The number of anilines is 1. The van der Waals surface area contributed by atoms with Crippen LogP contribution in [0, 0.1) is 0 Å². The molecule has 0 unspecified atom stereocenters. The van der Waals surface area contributed by atoms with Gasteiger partial charge in [0.25, 0.3) is 0 Å². The van der Waals surface area contributed by atoms with Gasteiger partial charge in [-0.15, -0.1) is 11.8 Å². The quantitative estimate of drug-likeness (QED) is 0.742. The highest BCUT2D eigenvalue weighted by Gasteiger charge is 2.15. The zero-order valence-electron chi connectivity index (χ0n) is 13.8. The van der Waals surface area contributed by atoms with E-state index in [4.69, 9.17) is 0 Å². The summed E-state index contributed by atoms with van der Waals surface area (Å²) < 4.78 is 3.17. The predicted molar refractivity (Wildman–Crippen MR) is 98.6 cm³/mol. The molecular weight excluding hydrogens is 322 g/mol. The van der Waals surface area contributed by atoms with Crippen molar-refractivity contribution in [3.8, 4) is 0 Å². The molecule has 24 heavy (non-hydrogen) atoms. The highest BCUT2D eigenvalue weighted by molar-refractivity contribution is 8.00. The number of nitrogens with zero attached hydrogens (tertiary/aromatic N) is 2. The molecule has 3 aromatic rings. The number of thioether (sulfide) groups is 1. The Morgan fingerprint density at radius 3 is 2.42 bits per heavy atom. The number of aryl methyl sites for hydroxylation is 2. The van der Waals surface area contributed by atoms with Crippen LogP contribution in [0.3, 0.4) is 0 Å². The maximum atomic E-state index is 12.4. The zero-order valence-corrected chi connectivity index (χ0v) is 14.6. The van der Waals surface area contributed by atoms with Crippen LogP contribution in [0.1, 0.15) is 6.92 Å². The molecule has 0 saturated carbocycles. The minimum atomic E-state index is -0.220. The third-order valence-electron chi connectivity index (χ3n) is 3.96. The van der Waals surface area contributed by atoms with Gasteiger partial charge in [0.15, 0.2) is 0 Å². The molecule has 6 heteroatoms. The number of benzene rings is 2. The molecule has 2 aromatic carbocycles. The van der Waals surface area contributed by atoms with E-state index >= 15 is 0 Å². The number of carbonyl (C=O) groups excluding carboxylic acids is 1. The lowest BCUT2D eigenvalue weighted by molar-refractivity contribution is -0.115. The van der Waals surface area contributed by atoms with E-state index in [1.54, 1.807) is 23.2 Å². The Kier molecular flexibility index (Phi) is 4.49. The molecule has 0 aliphatic heterocycles. The molecule has 0 aliphatic carbocycles. The van der Waals surface area contributed by atoms with Crippen molar-refractivity contribution in [1.29, 1.82) is 0 Å². The summed E-state index contributed by atoms with van der Waals surface area (Å²) in [4.78, 5) is 25.4. The van der Waals surface area contributed by atoms with Crippen LogP contribution in [0.25, 0.3) is 11.0 Å². The summed E-state index contributed by atoms with van der Waals surface area (Å²) in [5.74, 6) is -0.0656. The second kappa shape index (κ2) is 6.57. The van der Waals surface area contributed by atoms with E-state index in [1.165, 1.54) is 11.8 Å². The molecule has 0 bridgehead atoms. The van der Waals surface area contributed by atoms with E-state index in [2.05, 4.69) is 5.32 Å². The number of fused-ring (bicyclic) bond motifs is 1. The molecule has 5 nitrogen and oxygen atoms in total. The standard InChI is InChI=1S/C18H19N3O2S/c1-12(24-14-7-5-4-6-8-14)17(22)19-13-9-10-15-16(11-13)21(3)18(23)20(15)2/h4-12H,1-3H3,(H,19,22)/t12-/m1/s1. The van der Waals surface area contributed by atoms with Gasteiger partial charge in [0.05, 0.1) is 16.3 Å². The molecule has 0 radical (unpaired) electrons. The van der Waals surface area contributed by atoms with Crippen molar-refractivity contribution < 1.29 is 4.79 Å². The van der Waals surface area contributed by atoms with Crippen LogP contribution < -0.4 is 11.0 Å². The molecule has 1 heterocycles. The van der Waals surface area contributed by atoms with Gasteiger partial charge in [-0.25, -0.2) is 4.79 Å². The number of hydrogen-bond acceptors (Lipinski definition) is 3. The first kappa shape index (κ1) is 16.4. The fraction of sp³-hybridized carbons (Fsp3) is 0.222. The van der Waals surface area contributed by atoms with Crippen LogP contribution in [0.2, 0.25) is 0 Å². The normalized spacial score (nSPS) is 12.3. The summed E-state index contributed by atoms with van der Waals surface area (Å²) >= 11 is 1.51. The minimum absolute atomic E-state index is 0.0656. The smallest absolute Gasteiger partial charge is 0.325 e. The van der Waals surface area contributed by atoms with Gasteiger partial charge < -0.3 is 5.32 Å². The van der Waals surface area contributed by atoms with Gasteiger partial charge in [-0.3, -0.25) is 13.9 Å². The number of imidazole rings is 1. The minimum Gasteiger partial charge on any atom is -0.325 e. The van der Waals surface area contributed by atoms with Crippen LogP contribution in [0.5, 0.6) is 0 Å². The van der Waals surface area contributed by atoms with Crippen LogP contribution in [0.4, 0.5) is 5.69 Å². The Hall–Kier alpha value is -2.47. The van der Waals surface area contributed by atoms with E-state index in [9.17, 15) is 9.59 Å². The second-order valence-electron chi connectivity index (χ2n) is 5.67. The van der Waals surface area contributed by atoms with Gasteiger partial charge in [0.1, 0.15) is 0 Å². The van der Waals surface area contributed by atoms with Crippen molar-refractivity contribution in [3.05, 3.63) is 59.0 Å². The van der Waals surface area contributed by atoms with E-state index in [1.807, 2.05) is 55.5 Å². The maximum Gasteiger partial charge on any atom is 0.328 e. The molecule has 124 valence electrons. The molecule has 1 N–H and O–H groups in total. The van der Waals surface area contributed by atoms with Crippen LogP contribution in [-0.4, -0.2) is 20.3 Å². The number of hydrogen-bond donors (Lipinski definition) is 1. The highest BCUT2D eigenvalue weighted by atomic mass is 32.2. The molecule has 0 saturated heterocycles. The average Bonchev–Trinajstić information content (AvgIpc) is 2.80. The molecule has 3 rings (SSSR count). The number of carbonyl (C=O) groups is 1. The maximum absolute atomic E-state index is 12.4. The molecule has 0 spiro atoms. The third kappa shape index (κ3) is 3.10. The lowest BCUT2D eigenvalue weighted by atomic mass is 10.2. The van der Waals surface area contributed by atoms with Crippen LogP contribution in [0.15, 0.2) is 58.2 Å². The van der Waals surface area contributed by atoms with Crippen molar-refractivity contribution in [2.75, 3.05) is 5.32 Å². The number of rotatable bonds is 4. The van der Waals surface area contributed by atoms with Crippen molar-refractivity contribution in [2.45, 2.75) is 17.1 Å².